The summed E-state index contributed by atoms with van der Waals surface area (Å²) in [5, 5.41) is 1.28. The summed E-state index contributed by atoms with van der Waals surface area (Å²) < 4.78 is 51.3. The third-order valence-electron chi connectivity index (χ3n) is 3.05. The molecule has 0 aliphatic heterocycles. The molecular formula is C13H15F2NO2S2. The Balaban J connectivity index is 2.59. The van der Waals surface area contributed by atoms with Gasteiger partial charge in [-0.3, -0.25) is 4.31 Å². The van der Waals surface area contributed by atoms with E-state index in [1.807, 2.05) is 24.3 Å². The molecule has 0 fully saturated rings. The molecule has 0 N–H and O–H groups in total. The summed E-state index contributed by atoms with van der Waals surface area (Å²) in [7, 11) is -3.71. The van der Waals surface area contributed by atoms with Gasteiger partial charge in [-0.25, -0.2) is 17.2 Å². The minimum absolute atomic E-state index is 0.201. The maximum Gasteiger partial charge on any atom is 0.257 e. The van der Waals surface area contributed by atoms with Crippen molar-refractivity contribution in [3.05, 3.63) is 29.8 Å². The SMILES string of the molecule is CCS(=O)(=O)N(CC(F)F)c1sc2ccccc2c1C. The molecule has 0 aliphatic rings. The third kappa shape index (κ3) is 2.78. The van der Waals surface area contributed by atoms with Crippen LogP contribution in [0, 0.1) is 6.92 Å². The molecule has 110 valence electrons. The summed E-state index contributed by atoms with van der Waals surface area (Å²) in [6.07, 6.45) is -2.71. The summed E-state index contributed by atoms with van der Waals surface area (Å²) in [4.78, 5) is 0. The average molecular weight is 319 g/mol. The van der Waals surface area contributed by atoms with Crippen LogP contribution in [0.2, 0.25) is 0 Å². The van der Waals surface area contributed by atoms with E-state index in [-0.39, 0.29) is 5.75 Å². The van der Waals surface area contributed by atoms with E-state index in [9.17, 15) is 17.2 Å². The number of alkyl halides is 2. The minimum Gasteiger partial charge on any atom is -0.255 e. The summed E-state index contributed by atoms with van der Waals surface area (Å²) in [6.45, 7) is 2.41. The maximum absolute atomic E-state index is 12.7. The summed E-state index contributed by atoms with van der Waals surface area (Å²) in [6, 6.07) is 7.41. The largest absolute Gasteiger partial charge is 0.257 e. The third-order valence-corrected chi connectivity index (χ3v) is 6.19. The van der Waals surface area contributed by atoms with Crippen molar-refractivity contribution in [2.75, 3.05) is 16.6 Å². The van der Waals surface area contributed by atoms with Gasteiger partial charge in [0, 0.05) is 4.70 Å². The van der Waals surface area contributed by atoms with Gasteiger partial charge < -0.3 is 0 Å². The summed E-state index contributed by atoms with van der Waals surface area (Å²) in [5.41, 5.74) is 0.725. The van der Waals surface area contributed by atoms with Crippen molar-refractivity contribution in [3.8, 4) is 0 Å². The number of halogens is 2. The van der Waals surface area contributed by atoms with Crippen LogP contribution in [-0.4, -0.2) is 27.1 Å². The van der Waals surface area contributed by atoms with Crippen molar-refractivity contribution >= 4 is 36.4 Å². The van der Waals surface area contributed by atoms with Crippen LogP contribution in [0.1, 0.15) is 12.5 Å². The molecule has 0 radical (unpaired) electrons. The van der Waals surface area contributed by atoms with Gasteiger partial charge in [0.25, 0.3) is 6.43 Å². The Labute approximate surface area is 120 Å². The Hall–Kier alpha value is -1.21. The zero-order valence-corrected chi connectivity index (χ0v) is 12.8. The highest BCUT2D eigenvalue weighted by molar-refractivity contribution is 7.93. The van der Waals surface area contributed by atoms with Crippen molar-refractivity contribution in [2.24, 2.45) is 0 Å². The van der Waals surface area contributed by atoms with Crippen LogP contribution in [0.3, 0.4) is 0 Å². The van der Waals surface area contributed by atoms with Gasteiger partial charge in [-0.15, -0.1) is 11.3 Å². The Bertz CT molecular complexity index is 710. The lowest BCUT2D eigenvalue weighted by atomic mass is 10.2. The second-order valence-corrected chi connectivity index (χ2v) is 7.56. The molecule has 2 aromatic rings. The molecule has 0 spiro atoms. The second-order valence-electron chi connectivity index (χ2n) is 4.35. The van der Waals surface area contributed by atoms with Crippen LogP contribution < -0.4 is 4.31 Å². The van der Waals surface area contributed by atoms with Crippen LogP contribution in [0.4, 0.5) is 13.8 Å². The van der Waals surface area contributed by atoms with E-state index in [0.29, 0.717) is 5.00 Å². The standard InChI is InChI=1S/C13H15F2NO2S2/c1-3-20(17,18)16(8-12(14)15)13-9(2)10-6-4-5-7-11(10)19-13/h4-7,12H,3,8H2,1-2H3. The number of nitrogens with zero attached hydrogens (tertiary/aromatic N) is 1. The molecule has 7 heteroatoms. The predicted molar refractivity (Wildman–Crippen MR) is 79.4 cm³/mol. The molecule has 20 heavy (non-hydrogen) atoms. The smallest absolute Gasteiger partial charge is 0.255 e. The molecule has 0 saturated heterocycles. The molecule has 0 atom stereocenters. The molecule has 1 aromatic heterocycles. The average Bonchev–Trinajstić information content (AvgIpc) is 2.73. The van der Waals surface area contributed by atoms with Gasteiger partial charge in [-0.2, -0.15) is 0 Å². The van der Waals surface area contributed by atoms with Crippen molar-refractivity contribution < 1.29 is 17.2 Å². The van der Waals surface area contributed by atoms with E-state index in [1.54, 1.807) is 6.92 Å². The molecule has 3 nitrogen and oxygen atoms in total. The predicted octanol–water partition coefficient (Wildman–Crippen LogP) is 3.63. The van der Waals surface area contributed by atoms with Crippen molar-refractivity contribution in [2.45, 2.75) is 20.3 Å². The molecule has 0 unspecified atom stereocenters. The quantitative estimate of drug-likeness (QED) is 0.844. The van der Waals surface area contributed by atoms with Gasteiger partial charge in [0.1, 0.15) is 5.00 Å². The van der Waals surface area contributed by atoms with E-state index < -0.39 is 23.0 Å². The number of hydrogen-bond donors (Lipinski definition) is 0. The lowest BCUT2D eigenvalue weighted by Gasteiger charge is -2.22. The molecule has 0 bridgehead atoms. The molecule has 1 aromatic carbocycles. The highest BCUT2D eigenvalue weighted by Crippen LogP contribution is 2.38. The first-order valence-electron chi connectivity index (χ1n) is 6.13. The summed E-state index contributed by atoms with van der Waals surface area (Å²) in [5.74, 6) is -0.201. The first-order chi connectivity index (χ1) is 9.36. The molecule has 0 amide bonds. The second kappa shape index (κ2) is 5.65. The normalized spacial score (nSPS) is 12.2. The Morgan fingerprint density at radius 1 is 1.30 bits per heavy atom. The van der Waals surface area contributed by atoms with Gasteiger partial charge in [0.15, 0.2) is 0 Å². The van der Waals surface area contributed by atoms with Crippen molar-refractivity contribution in [3.63, 3.8) is 0 Å². The minimum atomic E-state index is -3.71. The van der Waals surface area contributed by atoms with E-state index in [0.717, 1.165) is 20.0 Å². The fourth-order valence-electron chi connectivity index (χ4n) is 2.00. The lowest BCUT2D eigenvalue weighted by Crippen LogP contribution is -2.36. The number of benzene rings is 1. The van der Waals surface area contributed by atoms with Gasteiger partial charge >= 0.3 is 0 Å². The van der Waals surface area contributed by atoms with Gasteiger partial charge in [0.05, 0.1) is 12.3 Å². The number of hydrogen-bond acceptors (Lipinski definition) is 3. The molecule has 0 aliphatic carbocycles. The number of anilines is 1. The van der Waals surface area contributed by atoms with Crippen LogP contribution >= 0.6 is 11.3 Å². The lowest BCUT2D eigenvalue weighted by molar-refractivity contribution is 0.159. The number of aryl methyl sites for hydroxylation is 1. The fourth-order valence-corrected chi connectivity index (χ4v) is 4.62. The van der Waals surface area contributed by atoms with Crippen molar-refractivity contribution in [1.29, 1.82) is 0 Å². The van der Waals surface area contributed by atoms with E-state index in [1.165, 1.54) is 18.3 Å². The Morgan fingerprint density at radius 2 is 1.95 bits per heavy atom. The zero-order chi connectivity index (χ0) is 14.9. The first kappa shape index (κ1) is 15.2. The maximum atomic E-state index is 12.7. The topological polar surface area (TPSA) is 37.4 Å². The number of thiophene rings is 1. The summed E-state index contributed by atoms with van der Waals surface area (Å²) >= 11 is 1.23. The van der Waals surface area contributed by atoms with Gasteiger partial charge in [-0.05, 0) is 30.9 Å². The highest BCUT2D eigenvalue weighted by Gasteiger charge is 2.27. The van der Waals surface area contributed by atoms with Gasteiger partial charge in [0.2, 0.25) is 10.0 Å². The van der Waals surface area contributed by atoms with Crippen LogP contribution in [0.5, 0.6) is 0 Å². The zero-order valence-electron chi connectivity index (χ0n) is 11.1. The van der Waals surface area contributed by atoms with Crippen LogP contribution in [0.25, 0.3) is 10.1 Å². The molecule has 1 heterocycles. The molecular weight excluding hydrogens is 304 g/mol. The first-order valence-corrected chi connectivity index (χ1v) is 8.56. The van der Waals surface area contributed by atoms with Crippen molar-refractivity contribution in [1.82, 2.24) is 0 Å². The van der Waals surface area contributed by atoms with E-state index in [2.05, 4.69) is 0 Å². The fraction of sp³-hybridized carbons (Fsp3) is 0.385. The molecule has 2 rings (SSSR count). The van der Waals surface area contributed by atoms with Crippen LogP contribution in [0.15, 0.2) is 24.3 Å². The number of fused-ring (bicyclic) bond motifs is 1. The highest BCUT2D eigenvalue weighted by atomic mass is 32.2. The van der Waals surface area contributed by atoms with E-state index >= 15 is 0 Å². The monoisotopic (exact) mass is 319 g/mol. The number of sulfonamides is 1. The Morgan fingerprint density at radius 3 is 2.50 bits per heavy atom. The van der Waals surface area contributed by atoms with Gasteiger partial charge in [-0.1, -0.05) is 18.2 Å². The Kier molecular flexibility index (Phi) is 4.29. The molecule has 0 saturated carbocycles. The van der Waals surface area contributed by atoms with E-state index in [4.69, 9.17) is 0 Å². The number of rotatable bonds is 5. The van der Waals surface area contributed by atoms with Crippen LogP contribution in [-0.2, 0) is 10.0 Å².